The first-order valence-electron chi connectivity index (χ1n) is 14.7. The zero-order chi connectivity index (χ0) is 27.7. The normalized spacial score (nSPS) is 49.5. The Kier molecular flexibility index (Phi) is 6.92. The first kappa shape index (κ1) is 27.6. The summed E-state index contributed by atoms with van der Waals surface area (Å²) in [6, 6.07) is 3.38. The smallest absolute Gasteiger partial charge is 0.335 e. The lowest BCUT2D eigenvalue weighted by atomic mass is 9.45. The lowest BCUT2D eigenvalue weighted by Gasteiger charge is -2.62. The number of ether oxygens (including phenoxy) is 3. The molecule has 1 aromatic rings. The molecule has 12 atom stereocenters. The Morgan fingerprint density at radius 2 is 1.79 bits per heavy atom. The van der Waals surface area contributed by atoms with Crippen molar-refractivity contribution in [3.8, 4) is 0 Å². The minimum atomic E-state index is -1.17. The highest BCUT2D eigenvalue weighted by atomic mass is 16.7. The van der Waals surface area contributed by atoms with Crippen molar-refractivity contribution in [3.05, 3.63) is 46.0 Å². The number of hydrogen-bond donors (Lipinski definition) is 3. The van der Waals surface area contributed by atoms with Crippen LogP contribution in [0.25, 0.3) is 0 Å². The van der Waals surface area contributed by atoms with Crippen molar-refractivity contribution in [1.82, 2.24) is 0 Å². The van der Waals surface area contributed by atoms with E-state index in [1.807, 2.05) is 13.0 Å². The molecule has 4 fully saturated rings. The van der Waals surface area contributed by atoms with E-state index in [-0.39, 0.29) is 34.4 Å². The van der Waals surface area contributed by atoms with Gasteiger partial charge in [-0.3, -0.25) is 0 Å². The number of methoxy groups -OCH3 is 1. The van der Waals surface area contributed by atoms with E-state index in [9.17, 15) is 20.1 Å². The quantitative estimate of drug-likeness (QED) is 0.492. The van der Waals surface area contributed by atoms with Crippen LogP contribution in [0.5, 0.6) is 0 Å². The Morgan fingerprint density at radius 3 is 2.51 bits per heavy atom. The van der Waals surface area contributed by atoms with Crippen LogP contribution in [-0.4, -0.2) is 64.8 Å². The van der Waals surface area contributed by atoms with Gasteiger partial charge in [0.1, 0.15) is 18.3 Å². The fourth-order valence-corrected chi connectivity index (χ4v) is 9.49. The maximum absolute atomic E-state index is 12.4. The molecule has 1 saturated heterocycles. The molecule has 0 bridgehead atoms. The fourth-order valence-electron chi connectivity index (χ4n) is 9.49. The van der Waals surface area contributed by atoms with E-state index in [0.29, 0.717) is 5.92 Å². The number of rotatable bonds is 4. The van der Waals surface area contributed by atoms with E-state index in [4.69, 9.17) is 18.6 Å². The number of allylic oxidation sites excluding steroid dienone is 1. The first-order chi connectivity index (χ1) is 18.5. The predicted octanol–water partition coefficient (Wildman–Crippen LogP) is 3.67. The zero-order valence-electron chi connectivity index (χ0n) is 23.5. The average Bonchev–Trinajstić information content (AvgIpc) is 3.19. The molecule has 0 aromatic carbocycles. The third-order valence-electron chi connectivity index (χ3n) is 11.7. The van der Waals surface area contributed by atoms with Gasteiger partial charge >= 0.3 is 5.63 Å². The van der Waals surface area contributed by atoms with Crippen molar-refractivity contribution >= 4 is 0 Å². The van der Waals surface area contributed by atoms with Crippen LogP contribution in [-0.2, 0) is 14.2 Å². The van der Waals surface area contributed by atoms with E-state index in [0.717, 1.165) is 56.9 Å². The monoisotopic (exact) mass is 544 g/mol. The Bertz CT molecular complexity index is 1140. The van der Waals surface area contributed by atoms with Gasteiger partial charge in [-0.15, -0.1) is 0 Å². The van der Waals surface area contributed by atoms with Crippen molar-refractivity contribution in [2.75, 3.05) is 7.11 Å². The summed E-state index contributed by atoms with van der Waals surface area (Å²) < 4.78 is 22.7. The van der Waals surface area contributed by atoms with Crippen LogP contribution < -0.4 is 5.63 Å². The van der Waals surface area contributed by atoms with Gasteiger partial charge in [0.2, 0.25) is 0 Å². The summed E-state index contributed by atoms with van der Waals surface area (Å²) in [5, 5.41) is 33.6. The molecule has 1 aromatic heterocycles. The summed E-state index contributed by atoms with van der Waals surface area (Å²) in [6.07, 6.45) is 6.78. The summed E-state index contributed by atoms with van der Waals surface area (Å²) in [5.41, 5.74) is 1.07. The number of fused-ring (bicyclic) bond motifs is 5. The molecule has 8 nitrogen and oxygen atoms in total. The van der Waals surface area contributed by atoms with Gasteiger partial charge in [-0.2, -0.15) is 0 Å². The Hall–Kier alpha value is -1.55. The number of aliphatic hydroxyl groups is 3. The van der Waals surface area contributed by atoms with Crippen LogP contribution in [0.15, 0.2) is 39.3 Å². The molecule has 0 spiro atoms. The number of hydrogen-bond acceptors (Lipinski definition) is 8. The fraction of sp³-hybridized carbons (Fsp3) is 0.774. The maximum Gasteiger partial charge on any atom is 0.335 e. The lowest BCUT2D eigenvalue weighted by molar-refractivity contribution is -0.304. The van der Waals surface area contributed by atoms with Gasteiger partial charge in [0.15, 0.2) is 6.29 Å². The van der Waals surface area contributed by atoms with Gasteiger partial charge in [-0.25, -0.2) is 4.79 Å². The molecule has 3 N–H and O–H groups in total. The molecule has 12 unspecified atom stereocenters. The molecule has 1 aliphatic heterocycles. The van der Waals surface area contributed by atoms with Crippen molar-refractivity contribution in [1.29, 1.82) is 0 Å². The third-order valence-corrected chi connectivity index (χ3v) is 11.7. The molecule has 6 rings (SSSR count). The highest BCUT2D eigenvalue weighted by Crippen LogP contribution is 2.70. The van der Waals surface area contributed by atoms with Gasteiger partial charge in [0.25, 0.3) is 0 Å². The minimum absolute atomic E-state index is 0.00253. The van der Waals surface area contributed by atoms with E-state index in [1.54, 1.807) is 6.26 Å². The van der Waals surface area contributed by atoms with E-state index in [2.05, 4.69) is 19.9 Å². The van der Waals surface area contributed by atoms with Crippen molar-refractivity contribution in [3.63, 3.8) is 0 Å². The molecule has 3 saturated carbocycles. The van der Waals surface area contributed by atoms with Crippen LogP contribution in [0.2, 0.25) is 0 Å². The molecular formula is C31H44O8. The number of aliphatic hydroxyl groups excluding tert-OH is 2. The molecule has 5 aliphatic rings. The topological polar surface area (TPSA) is 119 Å². The Morgan fingerprint density at radius 1 is 1.00 bits per heavy atom. The van der Waals surface area contributed by atoms with Gasteiger partial charge in [0.05, 0.1) is 24.1 Å². The second kappa shape index (κ2) is 9.78. The lowest BCUT2D eigenvalue weighted by Crippen LogP contribution is -2.60. The third kappa shape index (κ3) is 4.12. The highest BCUT2D eigenvalue weighted by Gasteiger charge is 2.66. The Balaban J connectivity index is 1.20. The Labute approximate surface area is 230 Å². The second-order valence-electron chi connectivity index (χ2n) is 13.3. The molecule has 216 valence electrons. The van der Waals surface area contributed by atoms with Crippen LogP contribution in [0.4, 0.5) is 0 Å². The van der Waals surface area contributed by atoms with Crippen molar-refractivity contribution in [2.45, 2.75) is 120 Å². The molecular weight excluding hydrogens is 500 g/mol. The minimum Gasteiger partial charge on any atom is -0.431 e. The summed E-state index contributed by atoms with van der Waals surface area (Å²) in [6.45, 7) is 6.45. The summed E-state index contributed by atoms with van der Waals surface area (Å²) in [7, 11) is 1.50. The van der Waals surface area contributed by atoms with Crippen LogP contribution >= 0.6 is 0 Å². The van der Waals surface area contributed by atoms with Crippen LogP contribution in [0.3, 0.4) is 0 Å². The van der Waals surface area contributed by atoms with Crippen LogP contribution in [0.1, 0.15) is 83.6 Å². The van der Waals surface area contributed by atoms with Gasteiger partial charge < -0.3 is 33.9 Å². The molecule has 39 heavy (non-hydrogen) atoms. The summed E-state index contributed by atoms with van der Waals surface area (Å²) in [4.78, 5) is 11.6. The molecule has 4 aliphatic carbocycles. The van der Waals surface area contributed by atoms with Crippen molar-refractivity contribution < 1.29 is 33.9 Å². The van der Waals surface area contributed by atoms with Gasteiger partial charge in [-0.1, -0.05) is 25.5 Å². The predicted molar refractivity (Wildman–Crippen MR) is 143 cm³/mol. The van der Waals surface area contributed by atoms with E-state index < -0.39 is 36.3 Å². The summed E-state index contributed by atoms with van der Waals surface area (Å²) >= 11 is 0. The average molecular weight is 545 g/mol. The van der Waals surface area contributed by atoms with E-state index in [1.165, 1.54) is 18.7 Å². The zero-order valence-corrected chi connectivity index (χ0v) is 23.5. The largest absolute Gasteiger partial charge is 0.431 e. The molecule has 8 heteroatoms. The molecule has 0 radical (unpaired) electrons. The van der Waals surface area contributed by atoms with Crippen molar-refractivity contribution in [2.24, 2.45) is 22.7 Å². The SMILES string of the molecule is COC1C(C)OC(OC2C=C3CCC4C(CCC5(C)C(c6ccc(=O)oc6)CCC45O)C3(C)CC2)C(O)C1O. The molecule has 0 amide bonds. The van der Waals surface area contributed by atoms with E-state index >= 15 is 0 Å². The maximum atomic E-state index is 12.4. The van der Waals surface area contributed by atoms with Gasteiger partial charge in [-0.05, 0) is 93.1 Å². The second-order valence-corrected chi connectivity index (χ2v) is 13.3. The first-order valence-corrected chi connectivity index (χ1v) is 14.7. The standard InChI is InChI=1S/C31H44O8/c1-17-27(36-4)25(33)26(34)28(38-17)39-20-9-12-29(2)19(15-20)6-7-23-22(29)10-13-30(3)21(11-14-31(23,30)35)18-5-8-24(32)37-16-18/h5,8,15-17,20-23,25-28,33-35H,6-7,9-14H2,1-4H3. The van der Waals surface area contributed by atoms with Crippen LogP contribution in [0, 0.1) is 22.7 Å². The molecule has 2 heterocycles. The highest BCUT2D eigenvalue weighted by molar-refractivity contribution is 5.31. The summed E-state index contributed by atoms with van der Waals surface area (Å²) in [5.74, 6) is 0.797. The van der Waals surface area contributed by atoms with Gasteiger partial charge in [0, 0.05) is 18.6 Å².